The largest absolute Gasteiger partial charge is 0.575 e. The lowest BCUT2D eigenvalue weighted by atomic mass is 10.4. The maximum absolute atomic E-state index is 13.3. The molecular weight excluding hydrogens is 324 g/mol. The molecule has 0 saturated carbocycles. The summed E-state index contributed by atoms with van der Waals surface area (Å²) in [5.41, 5.74) is 0. The van der Waals surface area contributed by atoms with E-state index in [2.05, 4.69) is 9.72 Å². The Bertz CT molecular complexity index is 631. The third-order valence-electron chi connectivity index (χ3n) is 1.52. The van der Waals surface area contributed by atoms with E-state index in [1.54, 1.807) is 0 Å². The fourth-order valence-electron chi connectivity index (χ4n) is 0.988. The molecule has 1 heterocycles. The summed E-state index contributed by atoms with van der Waals surface area (Å²) in [6, 6.07) is -0.0875. The number of hydrogen-bond donors (Lipinski definition) is 0. The highest BCUT2D eigenvalue weighted by molar-refractivity contribution is 8.13. The lowest BCUT2D eigenvalue weighted by Gasteiger charge is -2.06. The summed E-state index contributed by atoms with van der Waals surface area (Å²) in [6.07, 6.45) is -5.28. The summed E-state index contributed by atoms with van der Waals surface area (Å²) in [7, 11) is -0.190. The summed E-state index contributed by atoms with van der Waals surface area (Å²) in [5, 5.41) is 10.5. The van der Waals surface area contributed by atoms with Crippen LogP contribution in [-0.4, -0.2) is 24.7 Å². The standard InChI is InChI=1S/C6HClF4N2O5S/c7-19(16,17)4-2(8)1-3(18-6(9,10)11)12-5(4)13(14)15/h1H. The van der Waals surface area contributed by atoms with Crippen LogP contribution >= 0.6 is 10.7 Å². The predicted molar refractivity (Wildman–Crippen MR) is 50.6 cm³/mol. The van der Waals surface area contributed by atoms with Crippen LogP contribution in [0.1, 0.15) is 0 Å². The van der Waals surface area contributed by atoms with E-state index >= 15 is 0 Å². The fraction of sp³-hybridized carbons (Fsp3) is 0.167. The molecule has 0 aliphatic rings. The van der Waals surface area contributed by atoms with Gasteiger partial charge in [-0.3, -0.25) is 0 Å². The van der Waals surface area contributed by atoms with Crippen LogP contribution in [0, 0.1) is 15.9 Å². The molecule has 0 aromatic carbocycles. The van der Waals surface area contributed by atoms with Crippen molar-refractivity contribution in [2.24, 2.45) is 0 Å². The minimum Gasteiger partial charge on any atom is -0.366 e. The molecule has 1 rings (SSSR count). The van der Waals surface area contributed by atoms with Gasteiger partial charge in [0.2, 0.25) is 4.90 Å². The minimum absolute atomic E-state index is 0.0875. The Hall–Kier alpha value is -1.69. The molecule has 1 aromatic heterocycles. The van der Waals surface area contributed by atoms with E-state index < -0.39 is 42.7 Å². The Kier molecular flexibility index (Phi) is 3.86. The molecule has 13 heteroatoms. The van der Waals surface area contributed by atoms with E-state index in [-0.39, 0.29) is 6.07 Å². The zero-order valence-corrected chi connectivity index (χ0v) is 9.88. The second kappa shape index (κ2) is 4.77. The molecule has 7 nitrogen and oxygen atoms in total. The molecule has 0 bridgehead atoms. The SMILES string of the molecule is O=[N+]([O-])c1nc(OC(F)(F)F)cc(F)c1S(=O)(=O)Cl. The van der Waals surface area contributed by atoms with Gasteiger partial charge in [-0.25, -0.2) is 12.8 Å². The molecule has 106 valence electrons. The van der Waals surface area contributed by atoms with Crippen molar-refractivity contribution in [3.8, 4) is 5.88 Å². The highest BCUT2D eigenvalue weighted by Crippen LogP contribution is 2.32. The van der Waals surface area contributed by atoms with Crippen LogP contribution in [0.25, 0.3) is 0 Å². The molecule has 1 aromatic rings. The smallest absolute Gasteiger partial charge is 0.366 e. The number of halogens is 5. The maximum Gasteiger partial charge on any atom is 0.575 e. The quantitative estimate of drug-likeness (QED) is 0.365. The Morgan fingerprint density at radius 3 is 2.32 bits per heavy atom. The number of nitro groups is 1. The summed E-state index contributed by atoms with van der Waals surface area (Å²) in [6.45, 7) is 0. The van der Waals surface area contributed by atoms with E-state index in [0.29, 0.717) is 0 Å². The Balaban J connectivity index is 3.52. The fourth-order valence-corrected chi connectivity index (χ4v) is 2.05. The summed E-state index contributed by atoms with van der Waals surface area (Å²) < 4.78 is 73.7. The molecule has 0 unspecified atom stereocenters. The molecule has 0 N–H and O–H groups in total. The van der Waals surface area contributed by atoms with Gasteiger partial charge in [-0.15, -0.1) is 13.2 Å². The Labute approximate surface area is 106 Å². The van der Waals surface area contributed by atoms with Gasteiger partial charge in [-0.2, -0.15) is 0 Å². The minimum atomic E-state index is -5.28. The van der Waals surface area contributed by atoms with Gasteiger partial charge >= 0.3 is 18.1 Å². The first kappa shape index (κ1) is 15.4. The normalized spacial score (nSPS) is 12.3. The van der Waals surface area contributed by atoms with E-state index in [1.165, 1.54) is 0 Å². The van der Waals surface area contributed by atoms with Crippen LogP contribution in [0.4, 0.5) is 23.4 Å². The van der Waals surface area contributed by atoms with Crippen LogP contribution < -0.4 is 4.74 Å². The predicted octanol–water partition coefficient (Wildman–Crippen LogP) is 1.96. The van der Waals surface area contributed by atoms with Crippen LogP contribution in [0.2, 0.25) is 0 Å². The zero-order valence-electron chi connectivity index (χ0n) is 8.31. The molecule has 0 spiro atoms. The van der Waals surface area contributed by atoms with Crippen molar-refractivity contribution in [3.63, 3.8) is 0 Å². The van der Waals surface area contributed by atoms with Crippen molar-refractivity contribution >= 4 is 25.6 Å². The zero-order chi connectivity index (χ0) is 15.0. The van der Waals surface area contributed by atoms with Gasteiger partial charge < -0.3 is 14.9 Å². The van der Waals surface area contributed by atoms with Crippen LogP contribution in [0.3, 0.4) is 0 Å². The monoisotopic (exact) mass is 324 g/mol. The van der Waals surface area contributed by atoms with E-state index in [4.69, 9.17) is 10.7 Å². The number of nitrogens with zero attached hydrogens (tertiary/aromatic N) is 2. The van der Waals surface area contributed by atoms with E-state index in [9.17, 15) is 36.1 Å². The van der Waals surface area contributed by atoms with Crippen molar-refractivity contribution in [2.75, 3.05) is 0 Å². The molecule has 0 aliphatic carbocycles. The van der Waals surface area contributed by atoms with Gasteiger partial charge in [0.25, 0.3) is 9.05 Å². The van der Waals surface area contributed by atoms with Crippen LogP contribution in [-0.2, 0) is 9.05 Å². The van der Waals surface area contributed by atoms with Crippen molar-refractivity contribution in [1.82, 2.24) is 4.98 Å². The number of pyridine rings is 1. The van der Waals surface area contributed by atoms with Crippen molar-refractivity contribution in [2.45, 2.75) is 11.3 Å². The molecule has 0 aliphatic heterocycles. The summed E-state index contributed by atoms with van der Waals surface area (Å²) in [4.78, 5) is 9.94. The molecule has 0 fully saturated rings. The second-order valence-electron chi connectivity index (χ2n) is 2.84. The Morgan fingerprint density at radius 1 is 1.42 bits per heavy atom. The van der Waals surface area contributed by atoms with Gasteiger partial charge in [-0.05, 0) is 4.92 Å². The van der Waals surface area contributed by atoms with Gasteiger partial charge in [0.1, 0.15) is 0 Å². The third-order valence-corrected chi connectivity index (χ3v) is 2.85. The van der Waals surface area contributed by atoms with Gasteiger partial charge in [0.15, 0.2) is 5.82 Å². The van der Waals surface area contributed by atoms with E-state index in [1.807, 2.05) is 0 Å². The average Bonchev–Trinajstić information content (AvgIpc) is 2.10. The molecule has 0 amide bonds. The molecule has 0 saturated heterocycles. The first-order valence-corrected chi connectivity index (χ1v) is 6.28. The number of aromatic nitrogens is 1. The highest BCUT2D eigenvalue weighted by atomic mass is 35.7. The van der Waals surface area contributed by atoms with Gasteiger partial charge in [0.05, 0.1) is 6.07 Å². The number of alkyl halides is 3. The van der Waals surface area contributed by atoms with Crippen molar-refractivity contribution < 1.29 is 35.6 Å². The summed E-state index contributed by atoms with van der Waals surface area (Å²) in [5.74, 6) is -5.13. The second-order valence-corrected chi connectivity index (χ2v) is 5.34. The lowest BCUT2D eigenvalue weighted by Crippen LogP contribution is -2.19. The lowest BCUT2D eigenvalue weighted by molar-refractivity contribution is -0.393. The third kappa shape index (κ3) is 3.89. The van der Waals surface area contributed by atoms with Crippen molar-refractivity contribution in [3.05, 3.63) is 22.0 Å². The number of hydrogen-bond acceptors (Lipinski definition) is 6. The first-order chi connectivity index (χ1) is 8.42. The van der Waals surface area contributed by atoms with Crippen LogP contribution in [0.15, 0.2) is 11.0 Å². The average molecular weight is 325 g/mol. The number of ether oxygens (including phenoxy) is 1. The highest BCUT2D eigenvalue weighted by Gasteiger charge is 2.38. The Morgan fingerprint density at radius 2 is 1.95 bits per heavy atom. The van der Waals surface area contributed by atoms with Gasteiger partial charge in [-0.1, -0.05) is 0 Å². The number of rotatable bonds is 3. The van der Waals surface area contributed by atoms with Crippen molar-refractivity contribution in [1.29, 1.82) is 0 Å². The molecule has 0 radical (unpaired) electrons. The van der Waals surface area contributed by atoms with Gasteiger partial charge in [0, 0.05) is 15.7 Å². The molecular formula is C6HClF4N2O5S. The van der Waals surface area contributed by atoms with Crippen LogP contribution in [0.5, 0.6) is 5.88 Å². The maximum atomic E-state index is 13.3. The van der Waals surface area contributed by atoms with E-state index in [0.717, 1.165) is 0 Å². The topological polar surface area (TPSA) is 99.4 Å². The molecule has 19 heavy (non-hydrogen) atoms. The first-order valence-electron chi connectivity index (χ1n) is 3.97. The summed E-state index contributed by atoms with van der Waals surface area (Å²) >= 11 is 0. The molecule has 0 atom stereocenters.